The summed E-state index contributed by atoms with van der Waals surface area (Å²) in [6.45, 7) is 5.05. The summed E-state index contributed by atoms with van der Waals surface area (Å²) in [6.07, 6.45) is 4.65. The smallest absolute Gasteiger partial charge is 0.251 e. The predicted molar refractivity (Wildman–Crippen MR) is 82.0 cm³/mol. The molecule has 1 N–H and O–H groups in total. The van der Waals surface area contributed by atoms with Gasteiger partial charge in [0.2, 0.25) is 0 Å². The van der Waals surface area contributed by atoms with Crippen LogP contribution in [0, 0.1) is 0 Å². The number of hydrogen-bond donors (Lipinski definition) is 1. The van der Waals surface area contributed by atoms with Gasteiger partial charge in [0.25, 0.3) is 5.91 Å². The third-order valence-corrected chi connectivity index (χ3v) is 3.57. The molecule has 0 heterocycles. The molecule has 1 aromatic rings. The highest BCUT2D eigenvalue weighted by atomic mass is 16.2. The van der Waals surface area contributed by atoms with Crippen molar-refractivity contribution in [2.45, 2.75) is 25.8 Å². The highest BCUT2D eigenvalue weighted by molar-refractivity contribution is 5.94. The van der Waals surface area contributed by atoms with Crippen molar-refractivity contribution >= 4 is 5.91 Å². The second-order valence-electron chi connectivity index (χ2n) is 5.12. The number of nitrogens with one attached hydrogen (secondary N) is 1. The number of carbonyl (C=O) groups is 1. The molecule has 1 aromatic carbocycles. The van der Waals surface area contributed by atoms with Crippen molar-refractivity contribution < 1.29 is 4.79 Å². The van der Waals surface area contributed by atoms with Crippen LogP contribution in [-0.4, -0.2) is 24.4 Å². The van der Waals surface area contributed by atoms with Gasteiger partial charge in [-0.2, -0.15) is 0 Å². The molecule has 2 rings (SSSR count). The lowest BCUT2D eigenvalue weighted by Crippen LogP contribution is -2.29. The second kappa shape index (κ2) is 6.94. The fourth-order valence-electron chi connectivity index (χ4n) is 2.49. The number of carbonyl (C=O) groups excluding carboxylic acids is 1. The van der Waals surface area contributed by atoms with Crippen molar-refractivity contribution in [2.24, 2.45) is 0 Å². The van der Waals surface area contributed by atoms with Gasteiger partial charge in [0.1, 0.15) is 0 Å². The van der Waals surface area contributed by atoms with Crippen LogP contribution in [0.3, 0.4) is 0 Å². The van der Waals surface area contributed by atoms with E-state index in [4.69, 9.17) is 0 Å². The van der Waals surface area contributed by atoms with Gasteiger partial charge in [-0.3, -0.25) is 4.79 Å². The van der Waals surface area contributed by atoms with E-state index in [1.165, 1.54) is 5.56 Å². The van der Waals surface area contributed by atoms with Crippen molar-refractivity contribution in [3.05, 3.63) is 59.8 Å². The van der Waals surface area contributed by atoms with E-state index in [9.17, 15) is 4.79 Å². The Hall–Kier alpha value is -2.03. The number of benzene rings is 1. The van der Waals surface area contributed by atoms with Crippen LogP contribution < -0.4 is 5.32 Å². The molecular weight excluding hydrogens is 248 g/mol. The maximum Gasteiger partial charge on any atom is 0.251 e. The molecule has 0 saturated heterocycles. The van der Waals surface area contributed by atoms with Gasteiger partial charge >= 0.3 is 0 Å². The first-order valence-corrected chi connectivity index (χ1v) is 7.08. The summed E-state index contributed by atoms with van der Waals surface area (Å²) < 4.78 is 0. The first-order chi connectivity index (χ1) is 9.72. The highest BCUT2D eigenvalue weighted by Crippen LogP contribution is 2.25. The van der Waals surface area contributed by atoms with E-state index >= 15 is 0 Å². The average Bonchev–Trinajstić information content (AvgIpc) is 2.94. The Morgan fingerprint density at radius 3 is 2.80 bits per heavy atom. The van der Waals surface area contributed by atoms with Crippen LogP contribution in [0.25, 0.3) is 0 Å². The topological polar surface area (TPSA) is 32.3 Å². The first-order valence-electron chi connectivity index (χ1n) is 7.08. The van der Waals surface area contributed by atoms with Crippen LogP contribution in [0.2, 0.25) is 0 Å². The van der Waals surface area contributed by atoms with Gasteiger partial charge in [-0.1, -0.05) is 36.4 Å². The van der Waals surface area contributed by atoms with Gasteiger partial charge in [-0.05, 0) is 24.8 Å². The summed E-state index contributed by atoms with van der Waals surface area (Å²) in [5.74, 6) is 0.123. The van der Waals surface area contributed by atoms with Crippen molar-refractivity contribution in [2.75, 3.05) is 13.6 Å². The molecule has 1 aliphatic carbocycles. The van der Waals surface area contributed by atoms with E-state index in [1.54, 1.807) is 11.0 Å². The molecule has 0 radical (unpaired) electrons. The third-order valence-electron chi connectivity index (χ3n) is 3.57. The molecule has 1 aliphatic rings. The van der Waals surface area contributed by atoms with E-state index in [0.29, 0.717) is 6.54 Å². The molecule has 0 aromatic heterocycles. The molecule has 1 amide bonds. The minimum Gasteiger partial charge on any atom is -0.384 e. The number of allylic oxidation sites excluding steroid dienone is 1. The number of likely N-dealkylation sites (N-methyl/N-ethyl adjacent to an activating group) is 1. The Labute approximate surface area is 121 Å². The maximum absolute atomic E-state index is 12.3. The molecule has 106 valence electrons. The molecule has 3 heteroatoms. The maximum atomic E-state index is 12.3. The minimum absolute atomic E-state index is 0.123. The SMILES string of the molecule is C=CCN(C)C(=O)C1=C(NCc2ccccc2)CCC1. The molecule has 20 heavy (non-hydrogen) atoms. The summed E-state index contributed by atoms with van der Waals surface area (Å²) in [7, 11) is 1.82. The van der Waals surface area contributed by atoms with Crippen LogP contribution in [0.4, 0.5) is 0 Å². The standard InChI is InChI=1S/C17H22N2O/c1-3-12-19(2)17(20)15-10-7-11-16(15)18-13-14-8-5-4-6-9-14/h3-6,8-9,18H,1,7,10-13H2,2H3. The fraction of sp³-hybridized carbons (Fsp3) is 0.353. The number of hydrogen-bond acceptors (Lipinski definition) is 2. The van der Waals surface area contributed by atoms with Gasteiger partial charge < -0.3 is 10.2 Å². The molecule has 0 unspecified atom stereocenters. The van der Waals surface area contributed by atoms with Crippen LogP contribution in [0.5, 0.6) is 0 Å². The second-order valence-corrected chi connectivity index (χ2v) is 5.12. The highest BCUT2D eigenvalue weighted by Gasteiger charge is 2.22. The molecule has 0 saturated carbocycles. The predicted octanol–water partition coefficient (Wildman–Crippen LogP) is 2.86. The number of nitrogens with zero attached hydrogens (tertiary/aromatic N) is 1. The molecule has 0 fully saturated rings. The first kappa shape index (κ1) is 14.4. The van der Waals surface area contributed by atoms with Gasteiger partial charge in [0, 0.05) is 31.4 Å². The molecule has 0 spiro atoms. The lowest BCUT2D eigenvalue weighted by molar-refractivity contribution is -0.125. The average molecular weight is 270 g/mol. The van der Waals surface area contributed by atoms with E-state index in [2.05, 4.69) is 24.0 Å². The Bertz CT molecular complexity index is 505. The van der Waals surface area contributed by atoms with Crippen LogP contribution in [-0.2, 0) is 11.3 Å². The Balaban J connectivity index is 2.02. The van der Waals surface area contributed by atoms with Crippen molar-refractivity contribution in [3.8, 4) is 0 Å². The minimum atomic E-state index is 0.123. The van der Waals surface area contributed by atoms with E-state index < -0.39 is 0 Å². The normalized spacial score (nSPS) is 14.2. The number of rotatable bonds is 6. The summed E-state index contributed by atoms with van der Waals surface area (Å²) in [6, 6.07) is 10.3. The lowest BCUT2D eigenvalue weighted by Gasteiger charge is -2.17. The van der Waals surface area contributed by atoms with E-state index in [0.717, 1.165) is 37.1 Å². The summed E-state index contributed by atoms with van der Waals surface area (Å²) in [4.78, 5) is 14.1. The molecular formula is C17H22N2O. The van der Waals surface area contributed by atoms with Gasteiger partial charge in [-0.25, -0.2) is 0 Å². The number of amides is 1. The van der Waals surface area contributed by atoms with Crippen molar-refractivity contribution in [1.29, 1.82) is 0 Å². The van der Waals surface area contributed by atoms with Crippen molar-refractivity contribution in [3.63, 3.8) is 0 Å². The Morgan fingerprint density at radius 1 is 1.35 bits per heavy atom. The van der Waals surface area contributed by atoms with Gasteiger partial charge in [0.05, 0.1) is 0 Å². The van der Waals surface area contributed by atoms with Crippen LogP contribution >= 0.6 is 0 Å². The molecule has 0 atom stereocenters. The lowest BCUT2D eigenvalue weighted by atomic mass is 10.2. The van der Waals surface area contributed by atoms with Crippen molar-refractivity contribution in [1.82, 2.24) is 10.2 Å². The van der Waals surface area contributed by atoms with Crippen LogP contribution in [0.15, 0.2) is 54.3 Å². The zero-order valence-electron chi connectivity index (χ0n) is 12.1. The van der Waals surface area contributed by atoms with Crippen LogP contribution in [0.1, 0.15) is 24.8 Å². The van der Waals surface area contributed by atoms with E-state index in [1.807, 2.05) is 25.2 Å². The zero-order chi connectivity index (χ0) is 14.4. The third kappa shape index (κ3) is 3.50. The molecule has 0 aliphatic heterocycles. The summed E-state index contributed by atoms with van der Waals surface area (Å²) in [5, 5.41) is 3.43. The largest absolute Gasteiger partial charge is 0.384 e. The van der Waals surface area contributed by atoms with Gasteiger partial charge in [-0.15, -0.1) is 6.58 Å². The molecule has 0 bridgehead atoms. The Kier molecular flexibility index (Phi) is 4.99. The molecule has 3 nitrogen and oxygen atoms in total. The summed E-state index contributed by atoms with van der Waals surface area (Å²) >= 11 is 0. The Morgan fingerprint density at radius 2 is 2.10 bits per heavy atom. The van der Waals surface area contributed by atoms with E-state index in [-0.39, 0.29) is 5.91 Å². The zero-order valence-corrected chi connectivity index (χ0v) is 12.1. The fourth-order valence-corrected chi connectivity index (χ4v) is 2.49. The summed E-state index contributed by atoms with van der Waals surface area (Å²) in [5.41, 5.74) is 3.28. The monoisotopic (exact) mass is 270 g/mol. The quantitative estimate of drug-likeness (QED) is 0.806. The van der Waals surface area contributed by atoms with Gasteiger partial charge in [0.15, 0.2) is 0 Å².